The van der Waals surface area contributed by atoms with Gasteiger partial charge in [-0.25, -0.2) is 0 Å². The molecule has 0 spiro atoms. The number of fused-ring (bicyclic) bond motifs is 2. The molecule has 1 saturated heterocycles. The van der Waals surface area contributed by atoms with E-state index >= 15 is 0 Å². The Bertz CT molecular complexity index is 740. The van der Waals surface area contributed by atoms with E-state index in [1.165, 1.54) is 0 Å². The summed E-state index contributed by atoms with van der Waals surface area (Å²) in [5, 5.41) is 3.87. The average Bonchev–Trinajstić information content (AvgIpc) is 2.82. The van der Waals surface area contributed by atoms with E-state index in [0.29, 0.717) is 11.5 Å². The van der Waals surface area contributed by atoms with Gasteiger partial charge in [0.2, 0.25) is 0 Å². The summed E-state index contributed by atoms with van der Waals surface area (Å²) in [5.41, 5.74) is 2.81. The van der Waals surface area contributed by atoms with Gasteiger partial charge in [0.05, 0.1) is 29.1 Å². The normalized spacial score (nSPS) is 26.9. The zero-order valence-electron chi connectivity index (χ0n) is 12.7. The second-order valence-corrected chi connectivity index (χ2v) is 6.41. The van der Waals surface area contributed by atoms with E-state index in [9.17, 15) is 4.79 Å². The molecule has 1 N–H and O–H groups in total. The molecular formula is C17H17ClN4O. The Morgan fingerprint density at radius 2 is 2.09 bits per heavy atom. The minimum absolute atomic E-state index is 0.0467. The maximum Gasteiger partial charge on any atom is 0.163 e. The summed E-state index contributed by atoms with van der Waals surface area (Å²) in [6, 6.07) is 9.43. The molecule has 6 heteroatoms. The fourth-order valence-electron chi connectivity index (χ4n) is 3.46. The van der Waals surface area contributed by atoms with Gasteiger partial charge in [0, 0.05) is 31.6 Å². The molecule has 0 bridgehead atoms. The Balaban J connectivity index is 1.89. The highest BCUT2D eigenvalue weighted by molar-refractivity contribution is 6.39. The van der Waals surface area contributed by atoms with Crippen LogP contribution in [0.15, 0.2) is 58.0 Å². The number of Topliss-reactive ketones (excluding diaryl/α,β-unsaturated/α-hetero) is 1. The maximum absolute atomic E-state index is 12.8. The molecule has 2 heterocycles. The van der Waals surface area contributed by atoms with Crippen molar-refractivity contribution in [3.05, 3.63) is 53.0 Å². The van der Waals surface area contributed by atoms with Crippen molar-refractivity contribution in [2.75, 3.05) is 18.6 Å². The lowest BCUT2D eigenvalue weighted by atomic mass is 9.90. The topological polar surface area (TPSA) is 47.9 Å². The Morgan fingerprint density at radius 1 is 1.30 bits per heavy atom. The molecule has 2 atom stereocenters. The van der Waals surface area contributed by atoms with Crippen molar-refractivity contribution in [1.82, 2.24) is 10.2 Å². The first kappa shape index (κ1) is 14.5. The minimum atomic E-state index is -0.432. The number of aliphatic imine (C=N–C) groups is 1. The van der Waals surface area contributed by atoms with Crippen LogP contribution in [0.2, 0.25) is 0 Å². The van der Waals surface area contributed by atoms with Crippen LogP contribution in [-0.4, -0.2) is 42.7 Å². The molecule has 3 aliphatic rings. The van der Waals surface area contributed by atoms with Crippen LogP contribution in [0, 0.1) is 0 Å². The number of para-hydroxylation sites is 1. The zero-order chi connectivity index (χ0) is 16.0. The standard InChI is InChI=1S/C17H17ClN4O/c1-21-10-20-13-7-14(23)17-15(16(13)21)19-8-11(18)9-22(17)12-5-3-2-4-6-12/h2-6,8-9,13,17,20H,7,10H2,1H3. The van der Waals surface area contributed by atoms with E-state index in [1.807, 2.05) is 42.3 Å². The Kier molecular flexibility index (Phi) is 3.47. The van der Waals surface area contributed by atoms with Gasteiger partial charge >= 0.3 is 0 Å². The number of carbonyl (C=O) groups is 1. The van der Waals surface area contributed by atoms with Gasteiger partial charge in [0.25, 0.3) is 0 Å². The largest absolute Gasteiger partial charge is 0.362 e. The summed E-state index contributed by atoms with van der Waals surface area (Å²) in [5.74, 6) is 0.153. The summed E-state index contributed by atoms with van der Waals surface area (Å²) >= 11 is 6.26. The quantitative estimate of drug-likeness (QED) is 0.857. The van der Waals surface area contributed by atoms with Crippen molar-refractivity contribution >= 4 is 29.3 Å². The van der Waals surface area contributed by atoms with E-state index in [0.717, 1.165) is 23.8 Å². The third-order valence-corrected chi connectivity index (χ3v) is 4.66. The molecule has 0 saturated carbocycles. The first-order valence-electron chi connectivity index (χ1n) is 7.61. The number of nitrogens with one attached hydrogen (secondary N) is 1. The van der Waals surface area contributed by atoms with Crippen molar-refractivity contribution < 1.29 is 4.79 Å². The van der Waals surface area contributed by atoms with Crippen molar-refractivity contribution in [1.29, 1.82) is 0 Å². The number of nitrogens with zero attached hydrogens (tertiary/aromatic N) is 3. The molecule has 118 valence electrons. The number of anilines is 1. The summed E-state index contributed by atoms with van der Waals surface area (Å²) in [4.78, 5) is 21.5. The van der Waals surface area contributed by atoms with Crippen molar-refractivity contribution in [3.8, 4) is 0 Å². The highest BCUT2D eigenvalue weighted by Crippen LogP contribution is 2.36. The lowest BCUT2D eigenvalue weighted by Gasteiger charge is -2.35. The number of rotatable bonds is 1. The molecule has 0 aromatic heterocycles. The van der Waals surface area contributed by atoms with Crippen LogP contribution in [0.3, 0.4) is 0 Å². The summed E-state index contributed by atoms with van der Waals surface area (Å²) in [6.45, 7) is 0.728. The predicted octanol–water partition coefficient (Wildman–Crippen LogP) is 2.07. The van der Waals surface area contributed by atoms with Gasteiger partial charge in [-0.3, -0.25) is 15.1 Å². The maximum atomic E-state index is 12.8. The molecule has 1 fully saturated rings. The van der Waals surface area contributed by atoms with Crippen LogP contribution in [0.1, 0.15) is 6.42 Å². The Morgan fingerprint density at radius 3 is 2.87 bits per heavy atom. The van der Waals surface area contributed by atoms with Crippen LogP contribution in [0.5, 0.6) is 0 Å². The van der Waals surface area contributed by atoms with E-state index < -0.39 is 6.04 Å². The molecule has 2 unspecified atom stereocenters. The van der Waals surface area contributed by atoms with E-state index in [-0.39, 0.29) is 11.8 Å². The average molecular weight is 329 g/mol. The minimum Gasteiger partial charge on any atom is -0.362 e. The van der Waals surface area contributed by atoms with Crippen molar-refractivity contribution in [2.24, 2.45) is 4.99 Å². The molecule has 0 radical (unpaired) electrons. The van der Waals surface area contributed by atoms with Gasteiger partial charge in [0.1, 0.15) is 6.04 Å². The van der Waals surface area contributed by atoms with Crippen LogP contribution >= 0.6 is 11.6 Å². The molecule has 0 amide bonds. The van der Waals surface area contributed by atoms with Gasteiger partial charge in [-0.2, -0.15) is 0 Å². The smallest absolute Gasteiger partial charge is 0.163 e. The van der Waals surface area contributed by atoms with Gasteiger partial charge in [-0.15, -0.1) is 0 Å². The summed E-state index contributed by atoms with van der Waals surface area (Å²) < 4.78 is 0. The van der Waals surface area contributed by atoms with Gasteiger partial charge in [-0.05, 0) is 12.1 Å². The molecule has 2 aliphatic heterocycles. The third-order valence-electron chi connectivity index (χ3n) is 4.47. The van der Waals surface area contributed by atoms with Crippen molar-refractivity contribution in [2.45, 2.75) is 18.5 Å². The van der Waals surface area contributed by atoms with E-state index in [4.69, 9.17) is 11.6 Å². The lowest BCUT2D eigenvalue weighted by molar-refractivity contribution is -0.120. The number of likely N-dealkylation sites (N-methyl/N-ethyl adjacent to an activating group) is 1. The summed E-state index contributed by atoms with van der Waals surface area (Å²) in [6.07, 6.45) is 3.89. The van der Waals surface area contributed by atoms with Gasteiger partial charge in [0.15, 0.2) is 5.78 Å². The fourth-order valence-corrected chi connectivity index (χ4v) is 3.62. The fraction of sp³-hybridized carbons (Fsp3) is 0.294. The second kappa shape index (κ2) is 5.51. The Hall–Kier alpha value is -2.11. The van der Waals surface area contributed by atoms with Crippen LogP contribution in [0.25, 0.3) is 0 Å². The number of carbonyl (C=O) groups excluding carboxylic acids is 1. The number of ketones is 1. The molecule has 1 aromatic carbocycles. The third kappa shape index (κ3) is 2.36. The predicted molar refractivity (Wildman–Crippen MR) is 91.3 cm³/mol. The number of benzene rings is 1. The van der Waals surface area contributed by atoms with Crippen LogP contribution in [0.4, 0.5) is 5.69 Å². The number of allylic oxidation sites excluding steroid dienone is 1. The molecule has 1 aromatic rings. The first-order chi connectivity index (χ1) is 11.1. The number of hydrogen-bond acceptors (Lipinski definition) is 5. The van der Waals surface area contributed by atoms with E-state index in [1.54, 1.807) is 12.4 Å². The SMILES string of the molecule is CN1CNC2CC(=O)C3C(=C21)N=CC(Cl)=CN3c1ccccc1. The molecule has 23 heavy (non-hydrogen) atoms. The molecule has 5 nitrogen and oxygen atoms in total. The van der Waals surface area contributed by atoms with Crippen LogP contribution < -0.4 is 10.2 Å². The monoisotopic (exact) mass is 328 g/mol. The van der Waals surface area contributed by atoms with E-state index in [2.05, 4.69) is 15.2 Å². The van der Waals surface area contributed by atoms with Gasteiger partial charge < -0.3 is 9.80 Å². The second-order valence-electron chi connectivity index (χ2n) is 5.97. The number of halogens is 1. The summed E-state index contributed by atoms with van der Waals surface area (Å²) in [7, 11) is 2.02. The highest BCUT2D eigenvalue weighted by Gasteiger charge is 2.43. The van der Waals surface area contributed by atoms with Gasteiger partial charge in [-0.1, -0.05) is 29.8 Å². The Labute approximate surface area is 139 Å². The zero-order valence-corrected chi connectivity index (χ0v) is 13.5. The highest BCUT2D eigenvalue weighted by atomic mass is 35.5. The number of hydrogen-bond donors (Lipinski definition) is 1. The van der Waals surface area contributed by atoms with Crippen molar-refractivity contribution in [3.63, 3.8) is 0 Å². The molecule has 4 rings (SSSR count). The first-order valence-corrected chi connectivity index (χ1v) is 7.99. The molecular weight excluding hydrogens is 312 g/mol. The lowest BCUT2D eigenvalue weighted by Crippen LogP contribution is -2.46. The van der Waals surface area contributed by atoms with Crippen LogP contribution in [-0.2, 0) is 4.79 Å². The molecule has 1 aliphatic carbocycles.